The summed E-state index contributed by atoms with van der Waals surface area (Å²) in [5.41, 5.74) is 0.889. The number of carbonyl (C=O) groups excluding carboxylic acids is 1. The van der Waals surface area contributed by atoms with E-state index in [9.17, 15) is 13.2 Å². The fraction of sp³-hybridized carbons (Fsp3) is 0.600. The average Bonchev–Trinajstić information content (AvgIpc) is 3.20. The van der Waals surface area contributed by atoms with Crippen LogP contribution in [0, 0.1) is 11.3 Å². The molecule has 2 fully saturated rings. The number of hydrogen-bond donors (Lipinski definition) is 1. The first-order valence-corrected chi connectivity index (χ1v) is 11.4. The predicted molar refractivity (Wildman–Crippen MR) is 105 cm³/mol. The van der Waals surface area contributed by atoms with Crippen molar-refractivity contribution >= 4 is 15.9 Å². The van der Waals surface area contributed by atoms with Crippen molar-refractivity contribution in [1.82, 2.24) is 9.62 Å². The van der Waals surface area contributed by atoms with Crippen LogP contribution in [0.3, 0.4) is 0 Å². The van der Waals surface area contributed by atoms with Gasteiger partial charge in [0.2, 0.25) is 10.0 Å². The predicted octanol–water partition coefficient (Wildman–Crippen LogP) is 1.98. The van der Waals surface area contributed by atoms with Gasteiger partial charge in [-0.15, -0.1) is 0 Å². The van der Waals surface area contributed by atoms with Gasteiger partial charge in [-0.3, -0.25) is 4.79 Å². The zero-order chi connectivity index (χ0) is 20.0. The van der Waals surface area contributed by atoms with Gasteiger partial charge in [-0.05, 0) is 43.4 Å². The van der Waals surface area contributed by atoms with Crippen LogP contribution in [0.2, 0.25) is 0 Å². The van der Waals surface area contributed by atoms with Crippen molar-refractivity contribution in [1.29, 1.82) is 5.26 Å². The zero-order valence-electron chi connectivity index (χ0n) is 16.0. The molecule has 152 valence electrons. The van der Waals surface area contributed by atoms with E-state index in [0.717, 1.165) is 31.2 Å². The zero-order valence-corrected chi connectivity index (χ0v) is 16.8. The average molecular weight is 406 g/mol. The number of nitrogens with one attached hydrogen (secondary N) is 1. The number of sulfonamides is 1. The Bertz CT molecular complexity index is 811. The number of piperidine rings is 1. The van der Waals surface area contributed by atoms with Crippen molar-refractivity contribution < 1.29 is 17.9 Å². The molecule has 1 saturated carbocycles. The summed E-state index contributed by atoms with van der Waals surface area (Å²) in [4.78, 5) is 14.1. The molecule has 8 heteroatoms. The van der Waals surface area contributed by atoms with Crippen LogP contribution >= 0.6 is 0 Å². The van der Waals surface area contributed by atoms with E-state index in [0.29, 0.717) is 31.6 Å². The molecule has 0 radical (unpaired) electrons. The Balaban J connectivity index is 1.51. The molecule has 0 unspecified atom stereocenters. The summed E-state index contributed by atoms with van der Waals surface area (Å²) >= 11 is 0. The number of carbonyl (C=O) groups is 1. The van der Waals surface area contributed by atoms with Crippen LogP contribution in [0.1, 0.15) is 44.1 Å². The van der Waals surface area contributed by atoms with E-state index in [1.165, 1.54) is 0 Å². The van der Waals surface area contributed by atoms with E-state index >= 15 is 0 Å². The summed E-state index contributed by atoms with van der Waals surface area (Å²) in [6.07, 6.45) is 5.51. The highest BCUT2D eigenvalue weighted by Gasteiger charge is 2.34. The molecule has 3 rings (SSSR count). The fourth-order valence-corrected chi connectivity index (χ4v) is 5.57. The molecule has 1 amide bonds. The maximum absolute atomic E-state index is 12.7. The summed E-state index contributed by atoms with van der Waals surface area (Å²) < 4.78 is 33.7. The normalized spacial score (nSPS) is 20.7. The lowest BCUT2D eigenvalue weighted by molar-refractivity contribution is -0.134. The summed E-state index contributed by atoms with van der Waals surface area (Å²) in [6, 6.07) is 9.17. The highest BCUT2D eigenvalue weighted by molar-refractivity contribution is 7.90. The Morgan fingerprint density at radius 1 is 1.18 bits per heavy atom. The Kier molecular flexibility index (Phi) is 6.92. The topological polar surface area (TPSA) is 99.5 Å². The third kappa shape index (κ3) is 5.46. The third-order valence-electron chi connectivity index (χ3n) is 5.42. The maximum Gasteiger partial charge on any atom is 0.260 e. The van der Waals surface area contributed by atoms with Gasteiger partial charge in [0.1, 0.15) is 5.75 Å². The minimum absolute atomic E-state index is 0.0448. The van der Waals surface area contributed by atoms with Crippen LogP contribution in [0.4, 0.5) is 0 Å². The van der Waals surface area contributed by atoms with Crippen LogP contribution < -0.4 is 9.46 Å². The van der Waals surface area contributed by atoms with Gasteiger partial charge in [-0.1, -0.05) is 25.0 Å². The van der Waals surface area contributed by atoms with Gasteiger partial charge in [0.25, 0.3) is 5.91 Å². The molecule has 1 aliphatic carbocycles. The highest BCUT2D eigenvalue weighted by Crippen LogP contribution is 2.22. The lowest BCUT2D eigenvalue weighted by Crippen LogP contribution is -2.50. The lowest BCUT2D eigenvalue weighted by Gasteiger charge is -2.33. The van der Waals surface area contributed by atoms with E-state index in [-0.39, 0.29) is 25.1 Å². The molecule has 2 aliphatic rings. The van der Waals surface area contributed by atoms with Crippen molar-refractivity contribution in [3.05, 3.63) is 29.8 Å². The Hall–Kier alpha value is -2.11. The van der Waals surface area contributed by atoms with Crippen LogP contribution in [0.25, 0.3) is 0 Å². The number of ether oxygens (including phenoxy) is 1. The minimum Gasteiger partial charge on any atom is -0.484 e. The summed E-state index contributed by atoms with van der Waals surface area (Å²) in [6.45, 7) is 0.643. The summed E-state index contributed by atoms with van der Waals surface area (Å²) in [5.74, 6) is 0.348. The fourth-order valence-electron chi connectivity index (χ4n) is 3.82. The molecule has 0 bridgehead atoms. The van der Waals surface area contributed by atoms with Crippen molar-refractivity contribution in [2.45, 2.75) is 56.2 Å². The standard InChI is InChI=1S/C20H27N3O4S/c21-12-11-16-7-9-18(10-8-16)27-15-20(24)23-13-3-6-19(14-23)28(25,26)22-17-4-1-2-5-17/h7-10,17,19,22H,1-6,11,13-15H2/t19-/m1/s1. The first-order chi connectivity index (χ1) is 13.5. The van der Waals surface area contributed by atoms with Crippen molar-refractivity contribution in [3.63, 3.8) is 0 Å². The number of likely N-dealkylation sites (tertiary alicyclic amines) is 1. The van der Waals surface area contributed by atoms with Crippen LogP contribution in [-0.4, -0.2) is 50.2 Å². The number of nitrogens with zero attached hydrogens (tertiary/aromatic N) is 2. The van der Waals surface area contributed by atoms with Gasteiger partial charge in [0.05, 0.1) is 17.7 Å². The summed E-state index contributed by atoms with van der Waals surface area (Å²) in [7, 11) is -3.42. The van der Waals surface area contributed by atoms with E-state index in [1.807, 2.05) is 0 Å². The second-order valence-corrected chi connectivity index (χ2v) is 9.51. The van der Waals surface area contributed by atoms with Gasteiger partial charge in [0.15, 0.2) is 6.61 Å². The quantitative estimate of drug-likeness (QED) is 0.748. The Morgan fingerprint density at radius 3 is 2.57 bits per heavy atom. The molecule has 1 heterocycles. The molecule has 1 saturated heterocycles. The Labute approximate surface area is 166 Å². The molecular weight excluding hydrogens is 378 g/mol. The summed E-state index contributed by atoms with van der Waals surface area (Å²) in [5, 5.41) is 8.13. The lowest BCUT2D eigenvalue weighted by atomic mass is 10.1. The smallest absolute Gasteiger partial charge is 0.260 e. The molecule has 1 aliphatic heterocycles. The molecular formula is C20H27N3O4S. The van der Waals surface area contributed by atoms with E-state index in [4.69, 9.17) is 10.00 Å². The highest BCUT2D eigenvalue weighted by atomic mass is 32.2. The molecule has 0 aromatic heterocycles. The number of nitriles is 1. The second kappa shape index (κ2) is 9.39. The monoisotopic (exact) mass is 405 g/mol. The van der Waals surface area contributed by atoms with Gasteiger partial charge in [0, 0.05) is 19.1 Å². The second-order valence-electron chi connectivity index (χ2n) is 7.52. The van der Waals surface area contributed by atoms with Crippen molar-refractivity contribution in [2.75, 3.05) is 19.7 Å². The van der Waals surface area contributed by atoms with E-state index < -0.39 is 15.3 Å². The maximum atomic E-state index is 12.7. The SMILES string of the molecule is N#CCc1ccc(OCC(=O)N2CCC[C@@H](S(=O)(=O)NC3CCCC3)C2)cc1. The molecule has 1 aromatic rings. The van der Waals surface area contributed by atoms with Crippen LogP contribution in [-0.2, 0) is 21.2 Å². The molecule has 28 heavy (non-hydrogen) atoms. The van der Waals surface area contributed by atoms with Gasteiger partial charge in [-0.25, -0.2) is 13.1 Å². The van der Waals surface area contributed by atoms with Crippen molar-refractivity contribution in [3.8, 4) is 11.8 Å². The minimum atomic E-state index is -3.42. The first-order valence-electron chi connectivity index (χ1n) is 9.85. The molecule has 1 N–H and O–H groups in total. The van der Waals surface area contributed by atoms with Gasteiger partial charge >= 0.3 is 0 Å². The van der Waals surface area contributed by atoms with Gasteiger partial charge < -0.3 is 9.64 Å². The molecule has 0 spiro atoms. The molecule has 1 aromatic carbocycles. The first kappa shape index (κ1) is 20.6. The number of rotatable bonds is 7. The molecule has 1 atom stereocenters. The van der Waals surface area contributed by atoms with Crippen LogP contribution in [0.15, 0.2) is 24.3 Å². The van der Waals surface area contributed by atoms with E-state index in [2.05, 4.69) is 10.8 Å². The van der Waals surface area contributed by atoms with E-state index in [1.54, 1.807) is 29.2 Å². The van der Waals surface area contributed by atoms with Crippen LogP contribution in [0.5, 0.6) is 5.75 Å². The third-order valence-corrected chi connectivity index (χ3v) is 7.35. The molecule has 7 nitrogen and oxygen atoms in total. The number of hydrogen-bond acceptors (Lipinski definition) is 5. The van der Waals surface area contributed by atoms with Gasteiger partial charge in [-0.2, -0.15) is 5.26 Å². The van der Waals surface area contributed by atoms with Crippen molar-refractivity contribution in [2.24, 2.45) is 0 Å². The number of benzene rings is 1. The largest absolute Gasteiger partial charge is 0.484 e. The Morgan fingerprint density at radius 2 is 1.89 bits per heavy atom. The number of amides is 1.